The first-order valence-electron chi connectivity index (χ1n) is 32.4. The predicted octanol–water partition coefficient (Wildman–Crippen LogP) is 15.6. The van der Waals surface area contributed by atoms with Crippen molar-refractivity contribution < 1.29 is 93.1 Å². The average Bonchev–Trinajstić information content (AvgIpc) is 3.44. The van der Waals surface area contributed by atoms with E-state index in [0.29, 0.717) is 12.8 Å². The minimum atomic E-state index is -0.698. The van der Waals surface area contributed by atoms with Crippen LogP contribution in [0.25, 0.3) is 0 Å². The average molecular weight is 1390 g/mol. The fourth-order valence-corrected chi connectivity index (χ4v) is 7.53. The fraction of sp³-hybridized carbons (Fsp3) is 0.848. The Labute approximate surface area is 527 Å². The molecule has 0 heterocycles. The number of esters is 6. The maximum Gasteiger partial charge on any atom is 2.00 e. The quantitative estimate of drug-likeness (QED) is 0.0184. The molecule has 82 heavy (non-hydrogen) atoms. The van der Waals surface area contributed by atoms with E-state index in [0.717, 1.165) is 141 Å². The molecule has 0 bridgehead atoms. The number of ether oxygens (including phenoxy) is 6. The second-order valence-electron chi connectivity index (χ2n) is 20.5. The largest absolute Gasteiger partial charge is 2.00 e. The van der Waals surface area contributed by atoms with E-state index in [4.69, 9.17) is 33.2 Å². The number of carbonyl (C=O) groups is 6. The van der Waals surface area contributed by atoms with Gasteiger partial charge in [-0.05, 0) is 56.6 Å². The number of rotatable bonds is 49. The van der Waals surface area contributed by atoms with E-state index in [-0.39, 0.29) is 103 Å². The topological polar surface area (TPSA) is 181 Å². The van der Waals surface area contributed by atoms with Crippen molar-refractivity contribution >= 4 is 42.1 Å². The van der Waals surface area contributed by atoms with E-state index in [9.17, 15) is 28.8 Å². The summed E-state index contributed by atoms with van der Waals surface area (Å²) < 4.78 is 33.7. The van der Waals surface area contributed by atoms with E-state index >= 15 is 0 Å². The molecular weight excluding hydrogens is 1270 g/mol. The Balaban J connectivity index is -0.00000101. The Morgan fingerprint density at radius 1 is 0.402 bits per heavy atom. The van der Waals surface area contributed by atoms with Gasteiger partial charge in [-0.2, -0.15) is 13.3 Å². The molecule has 16 heteroatoms. The van der Waals surface area contributed by atoms with Crippen LogP contribution in [0.1, 0.15) is 283 Å². The third kappa shape index (κ3) is 71.5. The Morgan fingerprint density at radius 3 is 0.878 bits per heavy atom. The molecule has 0 aromatic rings. The van der Waals surface area contributed by atoms with Gasteiger partial charge >= 0.3 is 66.9 Å². The van der Waals surface area contributed by atoms with E-state index in [2.05, 4.69) is 48.5 Å². The number of hydrogen-bond acceptors (Lipinski definition) is 15. The van der Waals surface area contributed by atoms with Crippen molar-refractivity contribution in [2.45, 2.75) is 295 Å². The van der Waals surface area contributed by atoms with Gasteiger partial charge in [0.05, 0.1) is 65.7 Å². The van der Waals surface area contributed by atoms with Crippen LogP contribution in [0.3, 0.4) is 0 Å². The van der Waals surface area contributed by atoms with Crippen LogP contribution in [-0.2, 0) is 62.0 Å². The molecule has 0 fully saturated rings. The van der Waals surface area contributed by atoms with Crippen LogP contribution in [-0.4, -0.2) is 130 Å². The summed E-state index contributed by atoms with van der Waals surface area (Å²) in [4.78, 5) is 90.0. The maximum atomic E-state index is 13.6. The molecule has 0 amide bonds. The van der Waals surface area contributed by atoms with Crippen LogP contribution < -0.4 is 0 Å². The Hall–Kier alpha value is -2.80. The summed E-state index contributed by atoms with van der Waals surface area (Å²) in [5.74, 6) is -3.22. The van der Waals surface area contributed by atoms with Gasteiger partial charge in [-0.3, -0.25) is 44.9 Å². The molecule has 0 saturated carbocycles. The second kappa shape index (κ2) is 74.3. The summed E-state index contributed by atoms with van der Waals surface area (Å²) in [5.41, 5.74) is 0. The van der Waals surface area contributed by atoms with E-state index in [1.165, 1.54) is 61.5 Å². The van der Waals surface area contributed by atoms with Crippen molar-refractivity contribution in [3.8, 4) is 0 Å². The van der Waals surface area contributed by atoms with Crippen LogP contribution in [0.5, 0.6) is 0 Å². The summed E-state index contributed by atoms with van der Waals surface area (Å²) in [6.45, 7) is 29.1. The normalized spacial score (nSPS) is 11.6. The van der Waals surface area contributed by atoms with Gasteiger partial charge in [-0.25, -0.2) is 0 Å². The number of unbranched alkanes of at least 4 members (excludes halogenated alkanes) is 21. The minimum Gasteiger partial charge on any atom is -0.542 e. The standard InChI is InChI=1S/C55H100N2O12.C4H10.C3H7.C2H3O.C2H6.U/c1-8-14-18-22-26-30-36-64-50(58)41-56(42-51(59)65-37-31-27-23-19-15-9-2)45-54(62)68-48(13-6)34-35-49(40-47(7)12-5)69-55(63)46-57(43-52(60)66-38-32-28-24-20-16-10-3)44-53(61)67-39-33-29-25-21-17-11-4;1-3-4-2;1-3-2;1-2-3;1-2;/h34-35,47-49H,8-33,36-46H2,1-7H3;3-4H2,1-2H3;1,3H2,2H3;1H3;1-2H3;/q;;2*-1;;+2/b35-34-;;;;;. The molecule has 15 nitrogen and oxygen atoms in total. The van der Waals surface area contributed by atoms with Gasteiger partial charge in [0, 0.05) is 0 Å². The third-order valence-corrected chi connectivity index (χ3v) is 12.5. The van der Waals surface area contributed by atoms with Crippen molar-refractivity contribution in [3.63, 3.8) is 0 Å². The smallest absolute Gasteiger partial charge is 0.542 e. The van der Waals surface area contributed by atoms with Crippen LogP contribution in [0, 0.1) is 44.0 Å². The molecule has 482 valence electrons. The summed E-state index contributed by atoms with van der Waals surface area (Å²) >= 11 is 0. The molecule has 0 aliphatic heterocycles. The van der Waals surface area contributed by atoms with Crippen molar-refractivity contribution in [1.82, 2.24) is 9.80 Å². The van der Waals surface area contributed by atoms with Crippen LogP contribution >= 0.6 is 0 Å². The summed E-state index contributed by atoms with van der Waals surface area (Å²) in [7, 11) is 0. The SMILES string of the molecule is CC.CCCC.CCCCCCCCOC(=O)CN(CC(=O)OCCCCCCCC)CC(=O)OC(/C=C\C(CC(C)CC)OC(=O)CN(CC(=O)OCCCCCCCC)CC(=O)OCCCCCCCC)CC.C[C-]=O.[CH2-]CC.[U+2]. The van der Waals surface area contributed by atoms with Gasteiger partial charge in [0.25, 0.3) is 0 Å². The Morgan fingerprint density at radius 2 is 0.634 bits per heavy atom. The van der Waals surface area contributed by atoms with Gasteiger partial charge in [0.1, 0.15) is 12.2 Å². The number of nitrogens with zero attached hydrogens (tertiary/aromatic N) is 2. The molecule has 3 unspecified atom stereocenters. The molecule has 0 spiro atoms. The molecule has 0 radical (unpaired) electrons. The zero-order valence-electron chi connectivity index (χ0n) is 55.1. The summed E-state index contributed by atoms with van der Waals surface area (Å²) in [6.07, 6.45) is 33.9. The Kier molecular flexibility index (Phi) is 81.9. The first-order valence-corrected chi connectivity index (χ1v) is 32.4. The van der Waals surface area contributed by atoms with E-state index in [1.807, 2.05) is 41.5 Å². The molecule has 3 atom stereocenters. The van der Waals surface area contributed by atoms with Crippen molar-refractivity contribution in [2.24, 2.45) is 5.92 Å². The number of carbonyl (C=O) groups excluding carboxylic acids is 7. The zero-order valence-corrected chi connectivity index (χ0v) is 59.2. The molecule has 0 aromatic heterocycles. The minimum absolute atomic E-state index is 0. The van der Waals surface area contributed by atoms with Crippen LogP contribution in [0.2, 0.25) is 0 Å². The second-order valence-corrected chi connectivity index (χ2v) is 20.5. The third-order valence-electron chi connectivity index (χ3n) is 12.5. The predicted molar refractivity (Wildman–Crippen MR) is 332 cm³/mol. The van der Waals surface area contributed by atoms with Gasteiger partial charge in [0.2, 0.25) is 0 Å². The molecule has 0 aromatic carbocycles. The molecule has 0 saturated heterocycles. The van der Waals surface area contributed by atoms with E-state index < -0.39 is 48.0 Å². The number of hydrogen-bond donors (Lipinski definition) is 0. The molecule has 0 aliphatic carbocycles. The monoisotopic (exact) mass is 1390 g/mol. The van der Waals surface area contributed by atoms with Gasteiger partial charge in [-0.15, -0.1) is 0 Å². The first kappa shape index (κ1) is 90.4. The van der Waals surface area contributed by atoms with Gasteiger partial charge < -0.3 is 40.1 Å². The molecule has 0 N–H and O–H groups in total. The Bertz CT molecular complexity index is 1390. The fourth-order valence-electron chi connectivity index (χ4n) is 7.53. The molecular formula is C66H126N2O13U. The van der Waals surface area contributed by atoms with Crippen molar-refractivity contribution in [3.05, 3.63) is 19.1 Å². The molecule has 0 rings (SSSR count). The van der Waals surface area contributed by atoms with Crippen LogP contribution in [0.4, 0.5) is 0 Å². The maximum absolute atomic E-state index is 13.6. The van der Waals surface area contributed by atoms with Crippen molar-refractivity contribution in [2.75, 3.05) is 65.7 Å². The zero-order chi connectivity index (χ0) is 62.0. The van der Waals surface area contributed by atoms with Crippen molar-refractivity contribution in [1.29, 1.82) is 0 Å². The van der Waals surface area contributed by atoms with Gasteiger partial charge in [0.15, 0.2) is 0 Å². The molecule has 0 aliphatic rings. The van der Waals surface area contributed by atoms with Crippen LogP contribution in [0.15, 0.2) is 12.2 Å². The first-order chi connectivity index (χ1) is 39.1. The van der Waals surface area contributed by atoms with E-state index in [1.54, 1.807) is 12.2 Å². The summed E-state index contributed by atoms with van der Waals surface area (Å²) in [5, 5.41) is 0. The van der Waals surface area contributed by atoms with Gasteiger partial charge in [-0.1, -0.05) is 231 Å². The summed E-state index contributed by atoms with van der Waals surface area (Å²) in [6, 6.07) is 0.